The molecule has 0 spiro atoms. The summed E-state index contributed by atoms with van der Waals surface area (Å²) in [7, 11) is 1.81. The number of hydrogen-bond donors (Lipinski definition) is 1. The van der Waals surface area contributed by atoms with Crippen LogP contribution in [0, 0.1) is 0 Å². The van der Waals surface area contributed by atoms with Crippen LogP contribution in [0.3, 0.4) is 0 Å². The molecule has 11 heavy (non-hydrogen) atoms. The highest BCUT2D eigenvalue weighted by molar-refractivity contribution is 5.16. The maximum atomic E-state index is 13.6. The zero-order valence-electron chi connectivity index (χ0n) is 6.34. The summed E-state index contributed by atoms with van der Waals surface area (Å²) in [5.41, 5.74) is -0.512. The van der Waals surface area contributed by atoms with E-state index in [9.17, 15) is 4.39 Å². The van der Waals surface area contributed by atoms with Gasteiger partial charge in [0.25, 0.3) is 0 Å². The van der Waals surface area contributed by atoms with E-state index in [1.165, 1.54) is 0 Å². The summed E-state index contributed by atoms with van der Waals surface area (Å²) in [6, 6.07) is 0. The van der Waals surface area contributed by atoms with Crippen molar-refractivity contribution in [2.45, 2.75) is 5.67 Å². The average molecular weight is 155 g/mol. The Morgan fingerprint density at radius 2 is 2.45 bits per heavy atom. The first-order valence-corrected chi connectivity index (χ1v) is 3.59. The molecule has 4 heteroatoms. The number of imidazole rings is 1. The minimum Gasteiger partial charge on any atom is -0.335 e. The summed E-state index contributed by atoms with van der Waals surface area (Å²) >= 11 is 0. The van der Waals surface area contributed by atoms with Crippen LogP contribution in [-0.2, 0) is 12.7 Å². The molecule has 0 amide bonds. The zero-order valence-corrected chi connectivity index (χ0v) is 6.34. The summed E-state index contributed by atoms with van der Waals surface area (Å²) in [6.45, 7) is 0.819. The van der Waals surface area contributed by atoms with Crippen LogP contribution in [-0.4, -0.2) is 22.6 Å². The molecular weight excluding hydrogens is 145 g/mol. The van der Waals surface area contributed by atoms with Crippen LogP contribution >= 0.6 is 0 Å². The van der Waals surface area contributed by atoms with E-state index in [1.807, 2.05) is 7.05 Å². The van der Waals surface area contributed by atoms with Crippen LogP contribution in [0.4, 0.5) is 4.39 Å². The number of nitrogens with zero attached hydrogens (tertiary/aromatic N) is 2. The number of hydrogen-bond acceptors (Lipinski definition) is 2. The molecular formula is C7H10FN3. The largest absolute Gasteiger partial charge is 0.335 e. The second-order valence-electron chi connectivity index (χ2n) is 2.96. The lowest BCUT2D eigenvalue weighted by molar-refractivity contribution is 0.0807. The minimum absolute atomic E-state index is 0.409. The topological polar surface area (TPSA) is 29.9 Å². The van der Waals surface area contributed by atoms with E-state index < -0.39 is 5.67 Å². The van der Waals surface area contributed by atoms with E-state index in [-0.39, 0.29) is 0 Å². The molecule has 1 aromatic heterocycles. The predicted octanol–water partition coefficient (Wildman–Crippen LogP) is 0.188. The third-order valence-electron chi connectivity index (χ3n) is 2.09. The van der Waals surface area contributed by atoms with Crippen LogP contribution in [0.2, 0.25) is 0 Å². The lowest BCUT2D eigenvalue weighted by atomic mass is 9.96. The molecule has 0 radical (unpaired) electrons. The Labute approximate surface area is 64.2 Å². The van der Waals surface area contributed by atoms with Gasteiger partial charge in [-0.15, -0.1) is 0 Å². The van der Waals surface area contributed by atoms with E-state index in [1.54, 1.807) is 17.1 Å². The Bertz CT molecular complexity index is 264. The highest BCUT2D eigenvalue weighted by Crippen LogP contribution is 2.28. The SMILES string of the molecule is Cn1cncc1C1(F)CNC1. The fourth-order valence-corrected chi connectivity index (χ4v) is 1.31. The van der Waals surface area contributed by atoms with Crippen LogP contribution in [0.1, 0.15) is 5.69 Å². The van der Waals surface area contributed by atoms with Gasteiger partial charge in [-0.3, -0.25) is 0 Å². The molecule has 1 aliphatic rings. The van der Waals surface area contributed by atoms with Crippen molar-refractivity contribution in [3.63, 3.8) is 0 Å². The molecule has 0 atom stereocenters. The summed E-state index contributed by atoms with van der Waals surface area (Å²) in [6.07, 6.45) is 3.20. The van der Waals surface area contributed by atoms with Crippen LogP contribution < -0.4 is 5.32 Å². The molecule has 60 valence electrons. The van der Waals surface area contributed by atoms with Gasteiger partial charge in [0, 0.05) is 20.1 Å². The normalized spacial score (nSPS) is 21.3. The Kier molecular flexibility index (Phi) is 1.26. The van der Waals surface area contributed by atoms with E-state index in [4.69, 9.17) is 0 Å². The van der Waals surface area contributed by atoms with Crippen molar-refractivity contribution in [3.05, 3.63) is 18.2 Å². The van der Waals surface area contributed by atoms with Gasteiger partial charge in [-0.05, 0) is 0 Å². The third kappa shape index (κ3) is 0.860. The molecule has 1 fully saturated rings. The van der Waals surface area contributed by atoms with E-state index >= 15 is 0 Å². The highest BCUT2D eigenvalue weighted by atomic mass is 19.1. The van der Waals surface area contributed by atoms with Gasteiger partial charge >= 0.3 is 0 Å². The second kappa shape index (κ2) is 2.04. The van der Waals surface area contributed by atoms with Crippen molar-refractivity contribution in [1.82, 2.24) is 14.9 Å². The van der Waals surface area contributed by atoms with Crippen molar-refractivity contribution in [1.29, 1.82) is 0 Å². The first-order valence-electron chi connectivity index (χ1n) is 3.59. The van der Waals surface area contributed by atoms with Crippen molar-refractivity contribution in [2.75, 3.05) is 13.1 Å². The summed E-state index contributed by atoms with van der Waals surface area (Å²) in [5, 5.41) is 2.90. The van der Waals surface area contributed by atoms with Gasteiger partial charge in [0.05, 0.1) is 18.2 Å². The van der Waals surface area contributed by atoms with Crippen molar-refractivity contribution in [3.8, 4) is 0 Å². The minimum atomic E-state index is -1.18. The standard InChI is InChI=1S/C7H10FN3/c1-11-5-9-2-6(11)7(8)3-10-4-7/h2,5,10H,3-4H2,1H3. The van der Waals surface area contributed by atoms with Crippen LogP contribution in [0.5, 0.6) is 0 Å². The summed E-state index contributed by atoms with van der Waals surface area (Å²) in [4.78, 5) is 3.87. The Hall–Kier alpha value is -0.900. The Morgan fingerprint density at radius 1 is 1.73 bits per heavy atom. The quantitative estimate of drug-likeness (QED) is 0.627. The molecule has 0 aromatic carbocycles. The van der Waals surface area contributed by atoms with E-state index in [2.05, 4.69) is 10.3 Å². The Balaban J connectivity index is 2.35. The predicted molar refractivity (Wildman–Crippen MR) is 38.9 cm³/mol. The van der Waals surface area contributed by atoms with Crippen LogP contribution in [0.15, 0.2) is 12.5 Å². The van der Waals surface area contributed by atoms with Crippen molar-refractivity contribution < 1.29 is 4.39 Å². The fourth-order valence-electron chi connectivity index (χ4n) is 1.31. The molecule has 1 aromatic rings. The number of alkyl halides is 1. The molecule has 2 heterocycles. The Morgan fingerprint density at radius 3 is 2.82 bits per heavy atom. The fraction of sp³-hybridized carbons (Fsp3) is 0.571. The third-order valence-corrected chi connectivity index (χ3v) is 2.09. The van der Waals surface area contributed by atoms with Crippen molar-refractivity contribution in [2.24, 2.45) is 7.05 Å². The maximum Gasteiger partial charge on any atom is 0.176 e. The van der Waals surface area contributed by atoms with Gasteiger partial charge in [0.1, 0.15) is 0 Å². The summed E-state index contributed by atoms with van der Waals surface area (Å²) < 4.78 is 15.3. The van der Waals surface area contributed by atoms with Crippen LogP contribution in [0.25, 0.3) is 0 Å². The monoisotopic (exact) mass is 155 g/mol. The first kappa shape index (κ1) is 6.79. The average Bonchev–Trinajstić information content (AvgIpc) is 2.30. The molecule has 0 saturated carbocycles. The van der Waals surface area contributed by atoms with E-state index in [0.717, 1.165) is 0 Å². The summed E-state index contributed by atoms with van der Waals surface area (Å²) in [5.74, 6) is 0. The number of rotatable bonds is 1. The smallest absolute Gasteiger partial charge is 0.176 e. The molecule has 0 unspecified atom stereocenters. The maximum absolute atomic E-state index is 13.6. The molecule has 2 rings (SSSR count). The van der Waals surface area contributed by atoms with Gasteiger partial charge in [0.2, 0.25) is 0 Å². The van der Waals surface area contributed by atoms with Gasteiger partial charge < -0.3 is 9.88 Å². The number of aromatic nitrogens is 2. The highest BCUT2D eigenvalue weighted by Gasteiger charge is 2.40. The number of aryl methyl sites for hydroxylation is 1. The van der Waals surface area contributed by atoms with Gasteiger partial charge in [0.15, 0.2) is 5.67 Å². The van der Waals surface area contributed by atoms with Crippen molar-refractivity contribution >= 4 is 0 Å². The van der Waals surface area contributed by atoms with E-state index in [0.29, 0.717) is 18.8 Å². The molecule has 1 N–H and O–H groups in total. The number of halogens is 1. The lowest BCUT2D eigenvalue weighted by Crippen LogP contribution is -2.54. The first-order chi connectivity index (χ1) is 5.22. The van der Waals surface area contributed by atoms with Gasteiger partial charge in [-0.25, -0.2) is 9.37 Å². The molecule has 1 aliphatic heterocycles. The molecule has 1 saturated heterocycles. The molecule has 0 bridgehead atoms. The van der Waals surface area contributed by atoms with Gasteiger partial charge in [-0.1, -0.05) is 0 Å². The van der Waals surface area contributed by atoms with Gasteiger partial charge in [-0.2, -0.15) is 0 Å². The molecule has 3 nitrogen and oxygen atoms in total. The molecule has 0 aliphatic carbocycles. The second-order valence-corrected chi connectivity index (χ2v) is 2.96. The zero-order chi connectivity index (χ0) is 7.90. The number of nitrogens with one attached hydrogen (secondary N) is 1. The lowest BCUT2D eigenvalue weighted by Gasteiger charge is -2.34.